The predicted octanol–water partition coefficient (Wildman–Crippen LogP) is 2.80. The first-order valence-corrected chi connectivity index (χ1v) is 6.14. The number of nitrogens with two attached hydrogens (primary N) is 1. The molecule has 1 aromatic carbocycles. The summed E-state index contributed by atoms with van der Waals surface area (Å²) in [6.07, 6.45) is 3.86. The maximum atomic E-state index is 5.87. The topological polar surface area (TPSA) is 52.5 Å². The fourth-order valence-electron chi connectivity index (χ4n) is 1.95. The Morgan fingerprint density at radius 2 is 2.00 bits per heavy atom. The number of nitrogen functional groups attached to an aromatic ring is 1. The van der Waals surface area contributed by atoms with Crippen molar-refractivity contribution in [1.82, 2.24) is 9.38 Å². The molecule has 0 spiro atoms. The summed E-state index contributed by atoms with van der Waals surface area (Å²) in [6.45, 7) is 2.48. The molecule has 19 heavy (non-hydrogen) atoms. The van der Waals surface area contributed by atoms with E-state index in [1.807, 2.05) is 53.2 Å². The molecule has 0 saturated heterocycles. The summed E-state index contributed by atoms with van der Waals surface area (Å²) in [5.74, 6) is 0.843. The largest absolute Gasteiger partial charge is 0.487 e. The van der Waals surface area contributed by atoms with Crippen molar-refractivity contribution in [2.45, 2.75) is 13.5 Å². The van der Waals surface area contributed by atoms with E-state index in [2.05, 4.69) is 11.9 Å². The van der Waals surface area contributed by atoms with Gasteiger partial charge in [0.15, 0.2) is 5.65 Å². The van der Waals surface area contributed by atoms with Crippen molar-refractivity contribution in [3.05, 3.63) is 60.0 Å². The Morgan fingerprint density at radius 1 is 1.21 bits per heavy atom. The van der Waals surface area contributed by atoms with Crippen molar-refractivity contribution in [1.29, 1.82) is 0 Å². The minimum Gasteiger partial charge on any atom is -0.487 e. The maximum Gasteiger partial charge on any atom is 0.160 e. The van der Waals surface area contributed by atoms with E-state index < -0.39 is 0 Å². The molecule has 3 aromatic rings. The monoisotopic (exact) mass is 253 g/mol. The van der Waals surface area contributed by atoms with Crippen LogP contribution in [0.4, 0.5) is 5.69 Å². The van der Waals surface area contributed by atoms with Gasteiger partial charge in [0.25, 0.3) is 0 Å². The number of imidazole rings is 1. The zero-order valence-corrected chi connectivity index (χ0v) is 10.7. The van der Waals surface area contributed by atoms with Crippen LogP contribution in [0, 0.1) is 6.92 Å². The van der Waals surface area contributed by atoms with E-state index in [0.717, 1.165) is 17.1 Å². The fourth-order valence-corrected chi connectivity index (χ4v) is 1.95. The molecule has 4 heteroatoms. The second-order valence-electron chi connectivity index (χ2n) is 4.53. The number of aryl methyl sites for hydroxylation is 1. The summed E-state index contributed by atoms with van der Waals surface area (Å²) in [7, 11) is 0. The van der Waals surface area contributed by atoms with Gasteiger partial charge in [-0.3, -0.25) is 0 Å². The third-order valence-electron chi connectivity index (χ3n) is 2.97. The Labute approximate surface area is 111 Å². The zero-order valence-electron chi connectivity index (χ0n) is 10.7. The van der Waals surface area contributed by atoms with Gasteiger partial charge in [-0.25, -0.2) is 4.98 Å². The highest BCUT2D eigenvalue weighted by molar-refractivity contribution is 5.64. The van der Waals surface area contributed by atoms with Crippen LogP contribution in [0.5, 0.6) is 5.75 Å². The first-order chi connectivity index (χ1) is 9.22. The summed E-state index contributed by atoms with van der Waals surface area (Å²) in [5.41, 5.74) is 9.38. The van der Waals surface area contributed by atoms with Crippen molar-refractivity contribution < 1.29 is 4.74 Å². The molecular formula is C15H15N3O. The van der Waals surface area contributed by atoms with Crippen LogP contribution in [0.15, 0.2) is 48.8 Å². The first kappa shape index (κ1) is 11.6. The van der Waals surface area contributed by atoms with Crippen LogP contribution in [0.1, 0.15) is 11.3 Å². The van der Waals surface area contributed by atoms with Gasteiger partial charge in [0.2, 0.25) is 0 Å². The van der Waals surface area contributed by atoms with Gasteiger partial charge < -0.3 is 14.9 Å². The SMILES string of the molecule is Cc1ccc(OCc2cn3cccc(N)c3n2)cc1. The van der Waals surface area contributed by atoms with Crippen molar-refractivity contribution in [2.75, 3.05) is 5.73 Å². The van der Waals surface area contributed by atoms with Crippen LogP contribution in [0.3, 0.4) is 0 Å². The lowest BCUT2D eigenvalue weighted by Gasteiger charge is -2.03. The van der Waals surface area contributed by atoms with Crippen LogP contribution in [0.2, 0.25) is 0 Å². The molecule has 0 bridgehead atoms. The molecule has 96 valence electrons. The molecule has 2 heterocycles. The molecule has 0 aliphatic heterocycles. The summed E-state index contributed by atoms with van der Waals surface area (Å²) < 4.78 is 7.61. The second-order valence-corrected chi connectivity index (χ2v) is 4.53. The number of fused-ring (bicyclic) bond motifs is 1. The number of ether oxygens (including phenoxy) is 1. The number of nitrogens with zero attached hydrogens (tertiary/aromatic N) is 2. The Balaban J connectivity index is 1.78. The van der Waals surface area contributed by atoms with Crippen molar-refractivity contribution in [3.63, 3.8) is 0 Å². The van der Waals surface area contributed by atoms with E-state index in [4.69, 9.17) is 10.5 Å². The van der Waals surface area contributed by atoms with Crippen LogP contribution in [-0.2, 0) is 6.61 Å². The van der Waals surface area contributed by atoms with Gasteiger partial charge in [-0.05, 0) is 31.2 Å². The van der Waals surface area contributed by atoms with E-state index in [1.165, 1.54) is 5.56 Å². The molecule has 0 fully saturated rings. The Kier molecular flexibility index (Phi) is 2.83. The molecule has 4 nitrogen and oxygen atoms in total. The smallest absolute Gasteiger partial charge is 0.160 e. The van der Waals surface area contributed by atoms with E-state index >= 15 is 0 Å². The molecule has 0 aliphatic carbocycles. The van der Waals surface area contributed by atoms with Gasteiger partial charge in [0.1, 0.15) is 12.4 Å². The molecule has 3 rings (SSSR count). The lowest BCUT2D eigenvalue weighted by atomic mass is 10.2. The quantitative estimate of drug-likeness (QED) is 0.781. The van der Waals surface area contributed by atoms with Gasteiger partial charge in [-0.1, -0.05) is 17.7 Å². The lowest BCUT2D eigenvalue weighted by Crippen LogP contribution is -1.95. The zero-order chi connectivity index (χ0) is 13.2. The van der Waals surface area contributed by atoms with Crippen molar-refractivity contribution in [2.24, 2.45) is 0 Å². The summed E-state index contributed by atoms with van der Waals surface area (Å²) in [5, 5.41) is 0. The average molecular weight is 253 g/mol. The standard InChI is InChI=1S/C15H15N3O/c1-11-4-6-13(7-5-11)19-10-12-9-18-8-2-3-14(16)15(18)17-12/h2-9H,10,16H2,1H3. The molecule has 2 aromatic heterocycles. The Bertz CT molecular complexity index is 701. The normalized spacial score (nSPS) is 10.8. The van der Waals surface area contributed by atoms with Crippen molar-refractivity contribution >= 4 is 11.3 Å². The molecule has 0 saturated carbocycles. The number of benzene rings is 1. The summed E-state index contributed by atoms with van der Waals surface area (Å²) in [4.78, 5) is 4.46. The van der Waals surface area contributed by atoms with E-state index in [9.17, 15) is 0 Å². The minimum atomic E-state index is 0.435. The van der Waals surface area contributed by atoms with Crippen LogP contribution < -0.4 is 10.5 Å². The van der Waals surface area contributed by atoms with Gasteiger partial charge in [0.05, 0.1) is 11.4 Å². The molecule has 0 amide bonds. The van der Waals surface area contributed by atoms with Crippen molar-refractivity contribution in [3.8, 4) is 5.75 Å². The number of hydrogen-bond donors (Lipinski definition) is 1. The van der Waals surface area contributed by atoms with Gasteiger partial charge in [-0.2, -0.15) is 0 Å². The second kappa shape index (κ2) is 4.65. The summed E-state index contributed by atoms with van der Waals surface area (Å²) >= 11 is 0. The molecule has 0 aliphatic rings. The third kappa shape index (κ3) is 2.38. The van der Waals surface area contributed by atoms with E-state index in [0.29, 0.717) is 12.3 Å². The van der Waals surface area contributed by atoms with E-state index in [-0.39, 0.29) is 0 Å². The van der Waals surface area contributed by atoms with Gasteiger partial charge in [0, 0.05) is 12.4 Å². The minimum absolute atomic E-state index is 0.435. The maximum absolute atomic E-state index is 5.87. The molecular weight excluding hydrogens is 238 g/mol. The van der Waals surface area contributed by atoms with Crippen LogP contribution in [0.25, 0.3) is 5.65 Å². The predicted molar refractivity (Wildman–Crippen MR) is 75.1 cm³/mol. The molecule has 0 radical (unpaired) electrons. The summed E-state index contributed by atoms with van der Waals surface area (Å²) in [6, 6.07) is 11.7. The van der Waals surface area contributed by atoms with Crippen LogP contribution >= 0.6 is 0 Å². The molecule has 0 unspecified atom stereocenters. The average Bonchev–Trinajstić information content (AvgIpc) is 2.83. The highest BCUT2D eigenvalue weighted by Gasteiger charge is 2.04. The number of pyridine rings is 1. The first-order valence-electron chi connectivity index (χ1n) is 6.14. The van der Waals surface area contributed by atoms with Gasteiger partial charge >= 0.3 is 0 Å². The lowest BCUT2D eigenvalue weighted by molar-refractivity contribution is 0.302. The number of aromatic nitrogens is 2. The van der Waals surface area contributed by atoms with E-state index in [1.54, 1.807) is 0 Å². The number of rotatable bonds is 3. The molecule has 0 atom stereocenters. The van der Waals surface area contributed by atoms with Crippen LogP contribution in [-0.4, -0.2) is 9.38 Å². The Hall–Kier alpha value is -2.49. The number of anilines is 1. The Morgan fingerprint density at radius 3 is 2.74 bits per heavy atom. The third-order valence-corrected chi connectivity index (χ3v) is 2.97. The highest BCUT2D eigenvalue weighted by atomic mass is 16.5. The number of hydrogen-bond acceptors (Lipinski definition) is 3. The fraction of sp³-hybridized carbons (Fsp3) is 0.133. The highest BCUT2D eigenvalue weighted by Crippen LogP contribution is 2.16. The van der Waals surface area contributed by atoms with Gasteiger partial charge in [-0.15, -0.1) is 0 Å². The molecule has 2 N–H and O–H groups in total.